The Morgan fingerprint density at radius 2 is 2.14 bits per heavy atom. The van der Waals surface area contributed by atoms with Gasteiger partial charge in [0.05, 0.1) is 7.11 Å². The maximum absolute atomic E-state index is 5.46. The molecule has 0 saturated carbocycles. The molecule has 3 rings (SSSR count). The highest BCUT2D eigenvalue weighted by Crippen LogP contribution is 2.39. The fraction of sp³-hybridized carbons (Fsp3) is 0.667. The summed E-state index contributed by atoms with van der Waals surface area (Å²) in [6.07, 6.45) is 7.88. The minimum Gasteiger partial charge on any atom is -0.497 e. The van der Waals surface area contributed by atoms with E-state index in [1.54, 1.807) is 7.11 Å². The van der Waals surface area contributed by atoms with E-state index in [4.69, 9.17) is 4.74 Å². The first-order chi connectivity index (χ1) is 10.3. The molecule has 3 heteroatoms. The van der Waals surface area contributed by atoms with Crippen molar-refractivity contribution in [3.8, 4) is 5.75 Å². The van der Waals surface area contributed by atoms with Crippen molar-refractivity contribution in [3.63, 3.8) is 0 Å². The van der Waals surface area contributed by atoms with E-state index >= 15 is 0 Å². The molecule has 1 aromatic rings. The van der Waals surface area contributed by atoms with E-state index < -0.39 is 0 Å². The smallest absolute Gasteiger partial charge is 0.119 e. The van der Waals surface area contributed by atoms with E-state index in [-0.39, 0.29) is 0 Å². The van der Waals surface area contributed by atoms with Crippen molar-refractivity contribution >= 4 is 0 Å². The minimum absolute atomic E-state index is 0.586. The normalized spacial score (nSPS) is 26.4. The second kappa shape index (κ2) is 6.80. The van der Waals surface area contributed by atoms with E-state index in [1.807, 2.05) is 0 Å². The molecule has 1 aliphatic heterocycles. The van der Waals surface area contributed by atoms with Gasteiger partial charge in [0.1, 0.15) is 5.75 Å². The number of ether oxygens (including phenoxy) is 1. The summed E-state index contributed by atoms with van der Waals surface area (Å²) in [6.45, 7) is 2.35. The highest BCUT2D eigenvalue weighted by atomic mass is 16.5. The van der Waals surface area contributed by atoms with E-state index in [9.17, 15) is 0 Å². The number of rotatable bonds is 4. The van der Waals surface area contributed by atoms with Crippen LogP contribution in [0, 0.1) is 0 Å². The van der Waals surface area contributed by atoms with Gasteiger partial charge >= 0.3 is 0 Å². The highest BCUT2D eigenvalue weighted by molar-refractivity contribution is 5.39. The Morgan fingerprint density at radius 3 is 2.95 bits per heavy atom. The first-order valence-electron chi connectivity index (χ1n) is 8.40. The Hall–Kier alpha value is -1.06. The largest absolute Gasteiger partial charge is 0.497 e. The van der Waals surface area contributed by atoms with Crippen molar-refractivity contribution in [3.05, 3.63) is 29.3 Å². The van der Waals surface area contributed by atoms with Gasteiger partial charge in [0.15, 0.2) is 0 Å². The van der Waals surface area contributed by atoms with E-state index in [0.717, 1.165) is 12.3 Å². The third-order valence-corrected chi connectivity index (χ3v) is 5.15. The Balaban J connectivity index is 1.88. The SMILES string of the molecule is CNCC1CCCCN1C1CCCc2ccc(OC)cc21. The number of likely N-dealkylation sites (tertiary alicyclic amines) is 1. The van der Waals surface area contributed by atoms with Gasteiger partial charge in [-0.1, -0.05) is 12.5 Å². The van der Waals surface area contributed by atoms with Crippen molar-refractivity contribution in [1.29, 1.82) is 0 Å². The van der Waals surface area contributed by atoms with Gasteiger partial charge in [-0.15, -0.1) is 0 Å². The summed E-state index contributed by atoms with van der Waals surface area (Å²) >= 11 is 0. The van der Waals surface area contributed by atoms with Gasteiger partial charge in [-0.3, -0.25) is 4.90 Å². The summed E-state index contributed by atoms with van der Waals surface area (Å²) in [5.74, 6) is 1.00. The molecule has 1 saturated heterocycles. The fourth-order valence-electron chi connectivity index (χ4n) is 4.11. The topological polar surface area (TPSA) is 24.5 Å². The Morgan fingerprint density at radius 1 is 1.24 bits per heavy atom. The zero-order valence-corrected chi connectivity index (χ0v) is 13.4. The number of methoxy groups -OCH3 is 1. The van der Waals surface area contributed by atoms with Gasteiger partial charge in [0.25, 0.3) is 0 Å². The van der Waals surface area contributed by atoms with Gasteiger partial charge < -0.3 is 10.1 Å². The molecule has 1 fully saturated rings. The number of piperidine rings is 1. The van der Waals surface area contributed by atoms with Crippen LogP contribution in [-0.2, 0) is 6.42 Å². The predicted octanol–water partition coefficient (Wildman–Crippen LogP) is 3.15. The summed E-state index contributed by atoms with van der Waals surface area (Å²) in [7, 11) is 3.84. The second-order valence-electron chi connectivity index (χ2n) is 6.42. The van der Waals surface area contributed by atoms with Crippen molar-refractivity contribution in [2.24, 2.45) is 0 Å². The van der Waals surface area contributed by atoms with Crippen LogP contribution >= 0.6 is 0 Å². The van der Waals surface area contributed by atoms with Crippen LogP contribution in [0.2, 0.25) is 0 Å². The van der Waals surface area contributed by atoms with Crippen LogP contribution in [0.5, 0.6) is 5.75 Å². The maximum atomic E-state index is 5.46. The lowest BCUT2D eigenvalue weighted by atomic mass is 9.84. The summed E-state index contributed by atoms with van der Waals surface area (Å²) in [5.41, 5.74) is 3.05. The summed E-state index contributed by atoms with van der Waals surface area (Å²) in [4.78, 5) is 2.76. The van der Waals surface area contributed by atoms with Gasteiger partial charge in [-0.25, -0.2) is 0 Å². The molecule has 0 bridgehead atoms. The van der Waals surface area contributed by atoms with E-state index in [0.29, 0.717) is 12.1 Å². The van der Waals surface area contributed by atoms with Crippen molar-refractivity contribution in [2.45, 2.75) is 50.6 Å². The first-order valence-corrected chi connectivity index (χ1v) is 8.40. The zero-order valence-electron chi connectivity index (χ0n) is 13.4. The summed E-state index contributed by atoms with van der Waals surface area (Å²) in [5, 5.41) is 3.39. The Kier molecular flexibility index (Phi) is 4.81. The monoisotopic (exact) mass is 288 g/mol. The van der Waals surface area contributed by atoms with Gasteiger partial charge in [0, 0.05) is 18.6 Å². The van der Waals surface area contributed by atoms with Crippen LogP contribution in [0.25, 0.3) is 0 Å². The lowest BCUT2D eigenvalue weighted by molar-refractivity contribution is 0.0842. The molecule has 2 aliphatic rings. The van der Waals surface area contributed by atoms with Crippen LogP contribution < -0.4 is 10.1 Å². The fourth-order valence-corrected chi connectivity index (χ4v) is 4.11. The molecule has 0 amide bonds. The number of benzene rings is 1. The molecule has 1 aromatic carbocycles. The number of hydrogen-bond donors (Lipinski definition) is 1. The van der Waals surface area contributed by atoms with Crippen LogP contribution in [0.1, 0.15) is 49.3 Å². The molecule has 2 unspecified atom stereocenters. The van der Waals surface area contributed by atoms with Crippen LogP contribution in [0.15, 0.2) is 18.2 Å². The molecule has 1 N–H and O–H groups in total. The molecule has 21 heavy (non-hydrogen) atoms. The van der Waals surface area contributed by atoms with Gasteiger partial charge in [0.2, 0.25) is 0 Å². The van der Waals surface area contributed by atoms with Gasteiger partial charge in [-0.2, -0.15) is 0 Å². The van der Waals surface area contributed by atoms with E-state index in [2.05, 4.69) is 35.5 Å². The van der Waals surface area contributed by atoms with Crippen LogP contribution in [0.3, 0.4) is 0 Å². The molecule has 116 valence electrons. The molecule has 2 atom stereocenters. The summed E-state index contributed by atoms with van der Waals surface area (Å²) in [6, 6.07) is 7.94. The Bertz CT molecular complexity index is 472. The molecule has 1 aliphatic carbocycles. The maximum Gasteiger partial charge on any atom is 0.119 e. The molecule has 3 nitrogen and oxygen atoms in total. The molecular formula is C18H28N2O. The second-order valence-corrected chi connectivity index (χ2v) is 6.42. The van der Waals surface area contributed by atoms with E-state index in [1.165, 1.54) is 56.2 Å². The minimum atomic E-state index is 0.586. The number of nitrogens with one attached hydrogen (secondary N) is 1. The van der Waals surface area contributed by atoms with Crippen molar-refractivity contribution < 1.29 is 4.74 Å². The van der Waals surface area contributed by atoms with Crippen molar-refractivity contribution in [1.82, 2.24) is 10.2 Å². The molecule has 1 heterocycles. The van der Waals surface area contributed by atoms with Gasteiger partial charge in [-0.05, 0) is 69.0 Å². The van der Waals surface area contributed by atoms with Crippen LogP contribution in [-0.4, -0.2) is 38.2 Å². The molecule has 0 spiro atoms. The zero-order chi connectivity index (χ0) is 14.7. The van der Waals surface area contributed by atoms with Crippen LogP contribution in [0.4, 0.5) is 0 Å². The average Bonchev–Trinajstić information content (AvgIpc) is 2.55. The first kappa shape index (κ1) is 14.9. The highest BCUT2D eigenvalue weighted by Gasteiger charge is 2.32. The predicted molar refractivity (Wildman–Crippen MR) is 86.9 cm³/mol. The number of nitrogens with zero attached hydrogens (tertiary/aromatic N) is 1. The molecule has 0 aromatic heterocycles. The van der Waals surface area contributed by atoms with Crippen molar-refractivity contribution in [2.75, 3.05) is 27.2 Å². The lowest BCUT2D eigenvalue weighted by Gasteiger charge is -2.43. The third-order valence-electron chi connectivity index (χ3n) is 5.15. The summed E-state index contributed by atoms with van der Waals surface area (Å²) < 4.78 is 5.46. The quantitative estimate of drug-likeness (QED) is 0.921. The third kappa shape index (κ3) is 3.09. The standard InChI is InChI=1S/C18H28N2O/c1-19-13-15-7-3-4-11-20(15)18-8-5-6-14-9-10-16(21-2)12-17(14)18/h9-10,12,15,18-19H,3-8,11,13H2,1-2H3. The Labute approximate surface area is 128 Å². The number of likely N-dealkylation sites (N-methyl/N-ethyl adjacent to an activating group) is 1. The number of hydrogen-bond acceptors (Lipinski definition) is 3. The number of aryl methyl sites for hydroxylation is 1. The molecular weight excluding hydrogens is 260 g/mol. The average molecular weight is 288 g/mol. The number of fused-ring (bicyclic) bond motifs is 1. The molecule has 0 radical (unpaired) electrons. The lowest BCUT2D eigenvalue weighted by Crippen LogP contribution is -2.47.